The fraction of sp³-hybridized carbons (Fsp3) is 0.200. The number of carbonyl (C=O) groups excluding carboxylic acids is 2. The van der Waals surface area contributed by atoms with E-state index in [1.807, 2.05) is 19.1 Å². The first-order valence-electron chi connectivity index (χ1n) is 10.1. The molecule has 0 radical (unpaired) electrons. The average molecular weight is 468 g/mol. The molecule has 1 atom stereocenters. The van der Waals surface area contributed by atoms with Crippen molar-refractivity contribution in [3.63, 3.8) is 0 Å². The van der Waals surface area contributed by atoms with Crippen LogP contribution in [0.5, 0.6) is 11.5 Å². The molecule has 1 saturated heterocycles. The highest BCUT2D eigenvalue weighted by molar-refractivity contribution is 6.51. The third-order valence-electron chi connectivity index (χ3n) is 5.52. The summed E-state index contributed by atoms with van der Waals surface area (Å²) in [5.41, 5.74) is 1.52. The van der Waals surface area contributed by atoms with E-state index in [1.54, 1.807) is 31.2 Å². The lowest BCUT2D eigenvalue weighted by Gasteiger charge is -2.23. The molecule has 170 valence electrons. The van der Waals surface area contributed by atoms with Gasteiger partial charge >= 0.3 is 0 Å². The Morgan fingerprint density at radius 1 is 1.00 bits per heavy atom. The molecule has 0 bridgehead atoms. The lowest BCUT2D eigenvalue weighted by molar-refractivity contribution is -0.132. The smallest absolute Gasteiger partial charge is 0.300 e. The number of nitrogens with zero attached hydrogens (tertiary/aromatic N) is 1. The number of hydrogen-bond donors (Lipinski definition) is 1. The molecule has 1 N–H and O–H groups in total. The molecular weight excluding hydrogens is 446 g/mol. The molecule has 2 heterocycles. The number of ketones is 1. The maximum atomic E-state index is 13.2. The molecule has 0 spiro atoms. The van der Waals surface area contributed by atoms with E-state index in [4.69, 9.17) is 25.5 Å². The van der Waals surface area contributed by atoms with E-state index in [9.17, 15) is 14.7 Å². The molecule has 4 rings (SSSR count). The fourth-order valence-corrected chi connectivity index (χ4v) is 4.10. The van der Waals surface area contributed by atoms with Gasteiger partial charge in [0.15, 0.2) is 0 Å². The summed E-state index contributed by atoms with van der Waals surface area (Å²) in [5.74, 6) is -0.549. The van der Waals surface area contributed by atoms with Crippen molar-refractivity contribution in [2.24, 2.45) is 0 Å². The van der Waals surface area contributed by atoms with Crippen molar-refractivity contribution in [3.05, 3.63) is 81.8 Å². The van der Waals surface area contributed by atoms with Crippen molar-refractivity contribution in [2.45, 2.75) is 19.9 Å². The van der Waals surface area contributed by atoms with Gasteiger partial charge < -0.3 is 19.0 Å². The summed E-state index contributed by atoms with van der Waals surface area (Å²) < 4.78 is 16.4. The first-order chi connectivity index (χ1) is 15.8. The second-order valence-corrected chi connectivity index (χ2v) is 8.05. The summed E-state index contributed by atoms with van der Waals surface area (Å²) in [6.07, 6.45) is 0. The van der Waals surface area contributed by atoms with Crippen LogP contribution in [0, 0.1) is 13.8 Å². The van der Waals surface area contributed by atoms with Crippen LogP contribution in [0.3, 0.4) is 0 Å². The Hall–Kier alpha value is -3.71. The zero-order chi connectivity index (χ0) is 23.9. The molecule has 1 amide bonds. The summed E-state index contributed by atoms with van der Waals surface area (Å²) in [6.45, 7) is 3.68. The maximum absolute atomic E-state index is 13.2. The van der Waals surface area contributed by atoms with Crippen molar-refractivity contribution in [1.82, 2.24) is 0 Å². The molecule has 33 heavy (non-hydrogen) atoms. The maximum Gasteiger partial charge on any atom is 0.300 e. The second kappa shape index (κ2) is 8.67. The number of benzene rings is 2. The van der Waals surface area contributed by atoms with Crippen molar-refractivity contribution in [1.29, 1.82) is 0 Å². The minimum absolute atomic E-state index is 0.130. The number of aryl methyl sites for hydroxylation is 2. The van der Waals surface area contributed by atoms with Gasteiger partial charge in [-0.3, -0.25) is 14.5 Å². The molecule has 1 fully saturated rings. The van der Waals surface area contributed by atoms with Crippen molar-refractivity contribution >= 4 is 34.7 Å². The van der Waals surface area contributed by atoms with Gasteiger partial charge in [-0.2, -0.15) is 0 Å². The Morgan fingerprint density at radius 2 is 1.67 bits per heavy atom. The third kappa shape index (κ3) is 3.85. The monoisotopic (exact) mass is 467 g/mol. The molecule has 7 nitrogen and oxygen atoms in total. The Morgan fingerprint density at radius 3 is 2.24 bits per heavy atom. The first-order valence-corrected chi connectivity index (χ1v) is 10.5. The fourth-order valence-electron chi connectivity index (χ4n) is 3.86. The Kier molecular flexibility index (Phi) is 5.91. The van der Waals surface area contributed by atoms with Gasteiger partial charge in [-0.1, -0.05) is 29.3 Å². The molecule has 2 aromatic carbocycles. The lowest BCUT2D eigenvalue weighted by atomic mass is 9.98. The van der Waals surface area contributed by atoms with Gasteiger partial charge in [-0.25, -0.2) is 0 Å². The number of methoxy groups -OCH3 is 2. The SMILES string of the molecule is COc1cc(OC)c(/C(O)=C2\C(=O)C(=O)N(c3ccc(C)cc3)C2c2ccc(C)o2)cc1Cl. The van der Waals surface area contributed by atoms with E-state index >= 15 is 0 Å². The van der Waals surface area contributed by atoms with E-state index in [0.29, 0.717) is 23.0 Å². The molecule has 0 saturated carbocycles. The van der Waals surface area contributed by atoms with Crippen LogP contribution < -0.4 is 14.4 Å². The zero-order valence-corrected chi connectivity index (χ0v) is 19.3. The molecule has 0 aliphatic carbocycles. The molecule has 1 unspecified atom stereocenters. The summed E-state index contributed by atoms with van der Waals surface area (Å²) in [7, 11) is 2.87. The number of aliphatic hydroxyl groups is 1. The van der Waals surface area contributed by atoms with E-state index in [1.165, 1.54) is 31.3 Å². The first kappa shape index (κ1) is 22.5. The number of aliphatic hydroxyl groups excluding tert-OH is 1. The largest absolute Gasteiger partial charge is 0.507 e. The van der Waals surface area contributed by atoms with Gasteiger partial charge in [0, 0.05) is 11.8 Å². The van der Waals surface area contributed by atoms with Crippen molar-refractivity contribution in [2.75, 3.05) is 19.1 Å². The molecular formula is C25H22ClNO6. The second-order valence-electron chi connectivity index (χ2n) is 7.64. The van der Waals surface area contributed by atoms with Crippen LogP contribution in [-0.2, 0) is 9.59 Å². The normalized spacial score (nSPS) is 17.5. The number of anilines is 1. The summed E-state index contributed by atoms with van der Waals surface area (Å²) in [6, 6.07) is 12.5. The number of rotatable bonds is 5. The molecule has 8 heteroatoms. The minimum atomic E-state index is -0.980. The van der Waals surface area contributed by atoms with Gasteiger partial charge in [-0.15, -0.1) is 0 Å². The topological polar surface area (TPSA) is 89.2 Å². The number of hydrogen-bond acceptors (Lipinski definition) is 6. The quantitative estimate of drug-likeness (QED) is 0.315. The minimum Gasteiger partial charge on any atom is -0.507 e. The van der Waals surface area contributed by atoms with Gasteiger partial charge in [0.25, 0.3) is 11.7 Å². The Balaban J connectivity index is 1.97. The predicted octanol–water partition coefficient (Wildman–Crippen LogP) is 5.19. The van der Waals surface area contributed by atoms with Crippen molar-refractivity contribution < 1.29 is 28.6 Å². The summed E-state index contributed by atoms with van der Waals surface area (Å²) >= 11 is 6.28. The van der Waals surface area contributed by atoms with Crippen molar-refractivity contribution in [3.8, 4) is 11.5 Å². The molecule has 1 aromatic heterocycles. The highest BCUT2D eigenvalue weighted by Gasteiger charge is 2.48. The van der Waals surface area contributed by atoms with Gasteiger partial charge in [0.1, 0.15) is 34.8 Å². The van der Waals surface area contributed by atoms with Crippen LogP contribution >= 0.6 is 11.6 Å². The number of Topliss-reactive ketones (excluding diaryl/α,β-unsaturated/α-hetero) is 1. The van der Waals surface area contributed by atoms with Gasteiger partial charge in [0.2, 0.25) is 0 Å². The lowest BCUT2D eigenvalue weighted by Crippen LogP contribution is -2.29. The standard InChI is InChI=1S/C25H22ClNO6/c1-13-5-8-15(9-6-13)27-22(18-10-7-14(2)33-18)21(24(29)25(27)30)23(28)16-11-17(26)20(32-4)12-19(16)31-3/h5-12,22,28H,1-4H3/b23-21+. The number of amides is 1. The van der Waals surface area contributed by atoms with Crippen LogP contribution in [0.15, 0.2) is 58.5 Å². The van der Waals surface area contributed by atoms with Crippen LogP contribution in [-0.4, -0.2) is 31.0 Å². The molecule has 1 aliphatic heterocycles. The third-order valence-corrected chi connectivity index (χ3v) is 5.81. The average Bonchev–Trinajstić information content (AvgIpc) is 3.34. The predicted molar refractivity (Wildman–Crippen MR) is 124 cm³/mol. The number of ether oxygens (including phenoxy) is 2. The molecule has 1 aliphatic rings. The molecule has 3 aromatic rings. The number of halogens is 1. The van der Waals surface area contributed by atoms with Gasteiger partial charge in [-0.05, 0) is 44.2 Å². The number of furan rings is 1. The summed E-state index contributed by atoms with van der Waals surface area (Å²) in [5, 5.41) is 11.5. The van der Waals surface area contributed by atoms with E-state index in [-0.39, 0.29) is 21.9 Å². The van der Waals surface area contributed by atoms with Crippen LogP contribution in [0.25, 0.3) is 5.76 Å². The van der Waals surface area contributed by atoms with Gasteiger partial charge in [0.05, 0.1) is 30.4 Å². The van der Waals surface area contributed by atoms with E-state index in [2.05, 4.69) is 0 Å². The van der Waals surface area contributed by atoms with E-state index < -0.39 is 23.5 Å². The highest BCUT2D eigenvalue weighted by Crippen LogP contribution is 2.45. The van der Waals surface area contributed by atoms with Crippen LogP contribution in [0.4, 0.5) is 5.69 Å². The highest BCUT2D eigenvalue weighted by atomic mass is 35.5. The van der Waals surface area contributed by atoms with Crippen LogP contribution in [0.2, 0.25) is 5.02 Å². The Labute approximate surface area is 195 Å². The Bertz CT molecular complexity index is 1270. The van der Waals surface area contributed by atoms with Crippen LogP contribution in [0.1, 0.15) is 28.7 Å². The number of carbonyl (C=O) groups is 2. The van der Waals surface area contributed by atoms with E-state index in [0.717, 1.165) is 5.56 Å². The zero-order valence-electron chi connectivity index (χ0n) is 18.5. The summed E-state index contributed by atoms with van der Waals surface area (Å²) in [4.78, 5) is 27.7.